The maximum Gasteiger partial charge on any atom is 0.188 e. The van der Waals surface area contributed by atoms with Crippen LogP contribution in [0.5, 0.6) is 0 Å². The molecule has 0 amide bonds. The van der Waals surface area contributed by atoms with Gasteiger partial charge in [-0.3, -0.25) is 0 Å². The monoisotopic (exact) mass is 277 g/mol. The molecule has 0 saturated heterocycles. The molecule has 19 heavy (non-hydrogen) atoms. The molecule has 0 atom stereocenters. The Bertz CT molecular complexity index is 543. The summed E-state index contributed by atoms with van der Waals surface area (Å²) in [6, 6.07) is 6.18. The zero-order valence-electron chi connectivity index (χ0n) is 11.3. The van der Waals surface area contributed by atoms with E-state index in [1.165, 1.54) is 4.88 Å². The molecule has 2 aromatic heterocycles. The molecule has 5 heteroatoms. The molecule has 2 aromatic rings. The van der Waals surface area contributed by atoms with E-state index in [-0.39, 0.29) is 0 Å². The van der Waals surface area contributed by atoms with E-state index in [1.807, 2.05) is 19.9 Å². The molecule has 0 bridgehead atoms. The highest BCUT2D eigenvalue weighted by atomic mass is 32.1. The first-order valence-corrected chi connectivity index (χ1v) is 7.15. The summed E-state index contributed by atoms with van der Waals surface area (Å²) in [6.07, 6.45) is 0.970. The first kappa shape index (κ1) is 13.7. The number of aliphatic imine (C=N–C) groups is 1. The van der Waals surface area contributed by atoms with Gasteiger partial charge in [0, 0.05) is 17.0 Å². The van der Waals surface area contributed by atoms with Crippen LogP contribution in [0.2, 0.25) is 0 Å². The van der Waals surface area contributed by atoms with Crippen molar-refractivity contribution in [1.29, 1.82) is 0 Å². The minimum absolute atomic E-state index is 0.481. The van der Waals surface area contributed by atoms with Crippen LogP contribution in [0.25, 0.3) is 0 Å². The molecule has 0 saturated carbocycles. The highest BCUT2D eigenvalue weighted by Crippen LogP contribution is 2.14. The smallest absolute Gasteiger partial charge is 0.188 e. The van der Waals surface area contributed by atoms with E-state index in [0.717, 1.165) is 30.0 Å². The lowest BCUT2D eigenvalue weighted by atomic mass is 10.2. The van der Waals surface area contributed by atoms with E-state index in [4.69, 9.17) is 10.2 Å². The van der Waals surface area contributed by atoms with E-state index in [9.17, 15) is 0 Å². The molecule has 0 spiro atoms. The van der Waals surface area contributed by atoms with Crippen molar-refractivity contribution in [3.63, 3.8) is 0 Å². The summed E-state index contributed by atoms with van der Waals surface area (Å²) >= 11 is 1.76. The molecular formula is C14H19N3OS. The van der Waals surface area contributed by atoms with Crippen LogP contribution in [0.1, 0.15) is 22.0 Å². The van der Waals surface area contributed by atoms with Crippen LogP contribution in [0.15, 0.2) is 33.0 Å². The maximum absolute atomic E-state index is 5.83. The second kappa shape index (κ2) is 6.43. The molecule has 3 N–H and O–H groups in total. The molecule has 2 rings (SSSR count). The zero-order chi connectivity index (χ0) is 13.7. The zero-order valence-corrected chi connectivity index (χ0v) is 12.1. The lowest BCUT2D eigenvalue weighted by Crippen LogP contribution is -2.33. The molecule has 102 valence electrons. The third kappa shape index (κ3) is 4.13. The molecule has 2 heterocycles. The van der Waals surface area contributed by atoms with Gasteiger partial charge in [-0.2, -0.15) is 0 Å². The van der Waals surface area contributed by atoms with Crippen molar-refractivity contribution in [2.45, 2.75) is 26.8 Å². The Labute approximate surface area is 117 Å². The Hall–Kier alpha value is -1.75. The molecule has 0 aliphatic rings. The van der Waals surface area contributed by atoms with Gasteiger partial charge in [0.2, 0.25) is 0 Å². The van der Waals surface area contributed by atoms with Crippen LogP contribution in [-0.4, -0.2) is 12.5 Å². The van der Waals surface area contributed by atoms with Gasteiger partial charge in [-0.1, -0.05) is 6.07 Å². The highest BCUT2D eigenvalue weighted by molar-refractivity contribution is 7.09. The van der Waals surface area contributed by atoms with Crippen LogP contribution in [0.4, 0.5) is 0 Å². The van der Waals surface area contributed by atoms with Crippen molar-refractivity contribution in [3.8, 4) is 0 Å². The Balaban J connectivity index is 1.78. The molecule has 0 aromatic carbocycles. The predicted octanol–water partition coefficient (Wildman–Crippen LogP) is 2.60. The number of hydrogen-bond donors (Lipinski definition) is 2. The molecule has 0 radical (unpaired) electrons. The average Bonchev–Trinajstić information content (AvgIpc) is 2.97. The van der Waals surface area contributed by atoms with Crippen molar-refractivity contribution in [2.75, 3.05) is 6.54 Å². The summed E-state index contributed by atoms with van der Waals surface area (Å²) in [5.41, 5.74) is 6.91. The van der Waals surface area contributed by atoms with Gasteiger partial charge in [-0.05, 0) is 37.8 Å². The van der Waals surface area contributed by atoms with Gasteiger partial charge < -0.3 is 15.5 Å². The molecular weight excluding hydrogens is 258 g/mol. The summed E-state index contributed by atoms with van der Waals surface area (Å²) in [6.45, 7) is 5.24. The van der Waals surface area contributed by atoms with Crippen molar-refractivity contribution >= 4 is 17.3 Å². The minimum atomic E-state index is 0.481. The number of rotatable bonds is 5. The predicted molar refractivity (Wildman–Crippen MR) is 79.5 cm³/mol. The summed E-state index contributed by atoms with van der Waals surface area (Å²) in [7, 11) is 0. The molecule has 4 nitrogen and oxygen atoms in total. The topological polar surface area (TPSA) is 63.5 Å². The lowest BCUT2D eigenvalue weighted by Gasteiger charge is -2.04. The van der Waals surface area contributed by atoms with E-state index in [1.54, 1.807) is 11.3 Å². The number of hydrogen-bond acceptors (Lipinski definition) is 3. The fourth-order valence-electron chi connectivity index (χ4n) is 1.84. The van der Waals surface area contributed by atoms with E-state index >= 15 is 0 Å². The fraction of sp³-hybridized carbons (Fsp3) is 0.357. The van der Waals surface area contributed by atoms with E-state index in [2.05, 4.69) is 27.8 Å². The second-order valence-electron chi connectivity index (χ2n) is 4.40. The van der Waals surface area contributed by atoms with Crippen molar-refractivity contribution in [3.05, 3.63) is 45.5 Å². The average molecular weight is 277 g/mol. The molecule has 0 fully saturated rings. The summed E-state index contributed by atoms with van der Waals surface area (Å²) in [5, 5.41) is 5.20. The first-order chi connectivity index (χ1) is 9.15. The number of aryl methyl sites for hydroxylation is 2. The van der Waals surface area contributed by atoms with Gasteiger partial charge in [0.25, 0.3) is 0 Å². The van der Waals surface area contributed by atoms with Crippen LogP contribution >= 0.6 is 11.3 Å². The van der Waals surface area contributed by atoms with Crippen molar-refractivity contribution in [2.24, 2.45) is 10.7 Å². The van der Waals surface area contributed by atoms with Gasteiger partial charge in [-0.25, -0.2) is 4.99 Å². The van der Waals surface area contributed by atoms with Crippen LogP contribution in [0.3, 0.4) is 0 Å². The summed E-state index contributed by atoms with van der Waals surface area (Å²) in [4.78, 5) is 5.66. The highest BCUT2D eigenvalue weighted by Gasteiger charge is 2.03. The fourth-order valence-corrected chi connectivity index (χ4v) is 2.54. The number of nitrogens with two attached hydrogens (primary N) is 1. The molecule has 0 aliphatic heterocycles. The van der Waals surface area contributed by atoms with Crippen LogP contribution < -0.4 is 11.1 Å². The number of furan rings is 1. The van der Waals surface area contributed by atoms with Crippen LogP contribution in [0, 0.1) is 13.8 Å². The second-order valence-corrected chi connectivity index (χ2v) is 5.43. The van der Waals surface area contributed by atoms with Crippen molar-refractivity contribution in [1.82, 2.24) is 5.32 Å². The normalized spacial score (nSPS) is 11.8. The number of nitrogens with one attached hydrogen (secondary N) is 1. The summed E-state index contributed by atoms with van der Waals surface area (Å²) in [5.74, 6) is 2.30. The minimum Gasteiger partial charge on any atom is -0.466 e. The summed E-state index contributed by atoms with van der Waals surface area (Å²) < 4.78 is 5.45. The van der Waals surface area contributed by atoms with Gasteiger partial charge >= 0.3 is 0 Å². The Morgan fingerprint density at radius 1 is 1.47 bits per heavy atom. The Morgan fingerprint density at radius 3 is 2.95 bits per heavy atom. The van der Waals surface area contributed by atoms with Crippen LogP contribution in [-0.2, 0) is 13.0 Å². The van der Waals surface area contributed by atoms with Crippen molar-refractivity contribution < 1.29 is 4.42 Å². The van der Waals surface area contributed by atoms with Gasteiger partial charge in [0.05, 0.1) is 6.54 Å². The van der Waals surface area contributed by atoms with Gasteiger partial charge in [-0.15, -0.1) is 11.3 Å². The lowest BCUT2D eigenvalue weighted by molar-refractivity contribution is 0.501. The largest absolute Gasteiger partial charge is 0.466 e. The molecule has 0 unspecified atom stereocenters. The number of nitrogens with zero attached hydrogens (tertiary/aromatic N) is 1. The number of guanidine groups is 1. The first-order valence-electron chi connectivity index (χ1n) is 6.27. The third-order valence-corrected chi connectivity index (χ3v) is 3.76. The van der Waals surface area contributed by atoms with Gasteiger partial charge in [0.15, 0.2) is 5.96 Å². The maximum atomic E-state index is 5.83. The van der Waals surface area contributed by atoms with Gasteiger partial charge in [0.1, 0.15) is 11.5 Å². The third-order valence-electron chi connectivity index (χ3n) is 2.82. The molecule has 0 aliphatic carbocycles. The Morgan fingerprint density at radius 2 is 2.32 bits per heavy atom. The SMILES string of the molecule is Cc1cc(CN=C(N)NCCc2cccs2)c(C)o1. The van der Waals surface area contributed by atoms with E-state index < -0.39 is 0 Å². The number of thiophene rings is 1. The Kier molecular flexibility index (Phi) is 4.63. The van der Waals surface area contributed by atoms with E-state index in [0.29, 0.717) is 12.5 Å². The quantitative estimate of drug-likeness (QED) is 0.652. The standard InChI is InChI=1S/C14H19N3OS/c1-10-8-12(11(2)18-10)9-17-14(15)16-6-5-13-4-3-7-19-13/h3-4,7-8H,5-6,9H2,1-2H3,(H3,15,16,17).